The van der Waals surface area contributed by atoms with E-state index in [2.05, 4.69) is 22.6 Å². The average Bonchev–Trinajstić information content (AvgIpc) is 2.65. The highest BCUT2D eigenvalue weighted by Gasteiger charge is 2.28. The molecule has 2 aromatic rings. The second-order valence-corrected chi connectivity index (χ2v) is 7.57. The number of amides is 4. The Bertz CT molecular complexity index is 983. The zero-order chi connectivity index (χ0) is 21.0. The van der Waals surface area contributed by atoms with Crippen LogP contribution in [0, 0.1) is 3.57 Å². The van der Waals surface area contributed by atoms with Gasteiger partial charge in [0.2, 0.25) is 0 Å². The number of imide groups is 2. The summed E-state index contributed by atoms with van der Waals surface area (Å²) in [5.74, 6) is -0.477. The third kappa shape index (κ3) is 5.27. The number of benzene rings is 2. The van der Waals surface area contributed by atoms with Crippen LogP contribution in [0.1, 0.15) is 18.1 Å². The van der Waals surface area contributed by atoms with Gasteiger partial charge in [0, 0.05) is 5.02 Å². The van der Waals surface area contributed by atoms with Crippen molar-refractivity contribution in [3.63, 3.8) is 0 Å². The Morgan fingerprint density at radius 1 is 1.03 bits per heavy atom. The molecule has 9 heteroatoms. The van der Waals surface area contributed by atoms with Crippen molar-refractivity contribution in [3.8, 4) is 11.5 Å². The lowest BCUT2D eigenvalue weighted by Crippen LogP contribution is -2.51. The first kappa shape index (κ1) is 21.1. The standard InChI is InChI=1S/C20H16ClIN2O5/c1-2-28-16-9-12(7-14-18(25)23-20(27)24-19(14)26)8-15(22)17(16)29-10-11-3-5-13(21)6-4-11/h3-9H,2,10H2,1H3,(H2,23,24,25,26,27). The Morgan fingerprint density at radius 2 is 1.69 bits per heavy atom. The van der Waals surface area contributed by atoms with Gasteiger partial charge in [-0.2, -0.15) is 0 Å². The van der Waals surface area contributed by atoms with Crippen molar-refractivity contribution in [1.29, 1.82) is 0 Å². The molecule has 1 aliphatic heterocycles. The highest BCUT2D eigenvalue weighted by atomic mass is 127. The minimum atomic E-state index is -0.840. The second kappa shape index (κ2) is 9.27. The van der Waals surface area contributed by atoms with Crippen LogP contribution in [-0.4, -0.2) is 24.5 Å². The number of carbonyl (C=O) groups excluding carboxylic acids is 3. The molecule has 3 rings (SSSR count). The second-order valence-electron chi connectivity index (χ2n) is 5.97. The molecule has 29 heavy (non-hydrogen) atoms. The van der Waals surface area contributed by atoms with E-state index >= 15 is 0 Å². The van der Waals surface area contributed by atoms with Crippen molar-refractivity contribution in [2.75, 3.05) is 6.61 Å². The van der Waals surface area contributed by atoms with Gasteiger partial charge in [0.25, 0.3) is 11.8 Å². The summed E-state index contributed by atoms with van der Waals surface area (Å²) in [5, 5.41) is 4.73. The van der Waals surface area contributed by atoms with Gasteiger partial charge in [-0.25, -0.2) is 4.79 Å². The molecular formula is C20H16ClIN2O5. The summed E-state index contributed by atoms with van der Waals surface area (Å²) in [7, 11) is 0. The van der Waals surface area contributed by atoms with Gasteiger partial charge in [-0.1, -0.05) is 23.7 Å². The zero-order valence-electron chi connectivity index (χ0n) is 15.3. The molecule has 2 N–H and O–H groups in total. The molecule has 1 fully saturated rings. The van der Waals surface area contributed by atoms with Crippen molar-refractivity contribution in [3.05, 3.63) is 61.7 Å². The number of hydrogen-bond donors (Lipinski definition) is 2. The molecule has 1 aliphatic rings. The summed E-state index contributed by atoms with van der Waals surface area (Å²) in [4.78, 5) is 35.1. The summed E-state index contributed by atoms with van der Waals surface area (Å²) in [6.45, 7) is 2.57. The lowest BCUT2D eigenvalue weighted by Gasteiger charge is -2.16. The van der Waals surface area contributed by atoms with E-state index in [-0.39, 0.29) is 5.57 Å². The summed E-state index contributed by atoms with van der Waals surface area (Å²) < 4.78 is 12.4. The SMILES string of the molecule is CCOc1cc(C=C2C(=O)NC(=O)NC2=O)cc(I)c1OCc1ccc(Cl)cc1. The maximum atomic E-state index is 11.9. The Morgan fingerprint density at radius 3 is 2.31 bits per heavy atom. The third-order valence-corrected chi connectivity index (χ3v) is 4.94. The molecule has 0 spiro atoms. The van der Waals surface area contributed by atoms with Crippen molar-refractivity contribution < 1.29 is 23.9 Å². The fourth-order valence-electron chi connectivity index (χ4n) is 2.58. The fraction of sp³-hybridized carbons (Fsp3) is 0.150. The van der Waals surface area contributed by atoms with Crippen LogP contribution >= 0.6 is 34.2 Å². The molecule has 0 saturated carbocycles. The normalized spacial score (nSPS) is 13.6. The molecule has 0 aliphatic carbocycles. The number of ether oxygens (including phenoxy) is 2. The predicted molar refractivity (Wildman–Crippen MR) is 116 cm³/mol. The van der Waals surface area contributed by atoms with Crippen molar-refractivity contribution >= 4 is 58.1 Å². The number of rotatable bonds is 6. The number of halogens is 2. The summed E-state index contributed by atoms with van der Waals surface area (Å²) in [5.41, 5.74) is 1.34. The van der Waals surface area contributed by atoms with E-state index in [1.165, 1.54) is 6.08 Å². The Labute approximate surface area is 185 Å². The van der Waals surface area contributed by atoms with E-state index in [0.717, 1.165) is 9.13 Å². The minimum Gasteiger partial charge on any atom is -0.490 e. The van der Waals surface area contributed by atoms with Gasteiger partial charge < -0.3 is 9.47 Å². The lowest BCUT2D eigenvalue weighted by molar-refractivity contribution is -0.123. The first-order valence-corrected chi connectivity index (χ1v) is 10.0. The predicted octanol–water partition coefficient (Wildman–Crippen LogP) is 3.67. The molecule has 0 aromatic heterocycles. The largest absolute Gasteiger partial charge is 0.490 e. The van der Waals surface area contributed by atoms with Crippen LogP contribution < -0.4 is 20.1 Å². The van der Waals surface area contributed by atoms with E-state index in [4.69, 9.17) is 21.1 Å². The van der Waals surface area contributed by atoms with Gasteiger partial charge >= 0.3 is 6.03 Å². The highest BCUT2D eigenvalue weighted by Crippen LogP contribution is 2.35. The van der Waals surface area contributed by atoms with Gasteiger partial charge in [0.1, 0.15) is 12.2 Å². The molecule has 7 nitrogen and oxygen atoms in total. The van der Waals surface area contributed by atoms with E-state index in [1.807, 2.05) is 29.7 Å². The molecule has 0 unspecified atom stereocenters. The Kier molecular flexibility index (Phi) is 6.75. The Balaban J connectivity index is 1.88. The van der Waals surface area contributed by atoms with Crippen LogP contribution in [0.15, 0.2) is 42.0 Å². The highest BCUT2D eigenvalue weighted by molar-refractivity contribution is 14.1. The van der Waals surface area contributed by atoms with E-state index in [1.54, 1.807) is 24.3 Å². The maximum Gasteiger partial charge on any atom is 0.328 e. The number of carbonyl (C=O) groups is 3. The van der Waals surface area contributed by atoms with E-state index < -0.39 is 17.8 Å². The topological polar surface area (TPSA) is 93.7 Å². The quantitative estimate of drug-likeness (QED) is 0.340. The number of nitrogens with one attached hydrogen (secondary N) is 2. The van der Waals surface area contributed by atoms with Crippen molar-refractivity contribution in [2.45, 2.75) is 13.5 Å². The van der Waals surface area contributed by atoms with Gasteiger partial charge in [-0.3, -0.25) is 20.2 Å². The molecule has 2 aromatic carbocycles. The Hall–Kier alpha value is -2.59. The van der Waals surface area contributed by atoms with Crippen molar-refractivity contribution in [2.24, 2.45) is 0 Å². The lowest BCUT2D eigenvalue weighted by atomic mass is 10.1. The average molecular weight is 527 g/mol. The molecule has 0 radical (unpaired) electrons. The number of urea groups is 1. The van der Waals surface area contributed by atoms with Crippen molar-refractivity contribution in [1.82, 2.24) is 10.6 Å². The molecular weight excluding hydrogens is 511 g/mol. The third-order valence-electron chi connectivity index (χ3n) is 3.88. The van der Waals surface area contributed by atoms with Crippen LogP contribution in [0.5, 0.6) is 11.5 Å². The molecule has 1 heterocycles. The fourth-order valence-corrected chi connectivity index (χ4v) is 3.49. The minimum absolute atomic E-state index is 0.169. The number of barbiturate groups is 1. The van der Waals surface area contributed by atoms with Gasteiger partial charge in [0.15, 0.2) is 11.5 Å². The maximum absolute atomic E-state index is 11.9. The molecule has 1 saturated heterocycles. The molecule has 150 valence electrons. The summed E-state index contributed by atoms with van der Waals surface area (Å²) >= 11 is 8.00. The smallest absolute Gasteiger partial charge is 0.328 e. The van der Waals surface area contributed by atoms with Gasteiger partial charge in [-0.05, 0) is 71.0 Å². The summed E-state index contributed by atoms with van der Waals surface area (Å²) in [6, 6.07) is 9.90. The van der Waals surface area contributed by atoms with Gasteiger partial charge in [0.05, 0.1) is 10.2 Å². The monoisotopic (exact) mass is 526 g/mol. The molecule has 0 bridgehead atoms. The summed E-state index contributed by atoms with van der Waals surface area (Å²) in [6.07, 6.45) is 1.39. The first-order chi connectivity index (χ1) is 13.9. The first-order valence-electron chi connectivity index (χ1n) is 8.59. The van der Waals surface area contributed by atoms with Crippen LogP contribution in [0.2, 0.25) is 5.02 Å². The molecule has 4 amide bonds. The molecule has 0 atom stereocenters. The van der Waals surface area contributed by atoms with Gasteiger partial charge in [-0.15, -0.1) is 0 Å². The van der Waals surface area contributed by atoms with Crippen LogP contribution in [0.3, 0.4) is 0 Å². The van der Waals surface area contributed by atoms with Crippen LogP contribution in [0.25, 0.3) is 6.08 Å². The van der Waals surface area contributed by atoms with Crippen LogP contribution in [-0.2, 0) is 16.2 Å². The van der Waals surface area contributed by atoms with E-state index in [9.17, 15) is 14.4 Å². The van der Waals surface area contributed by atoms with E-state index in [0.29, 0.717) is 35.3 Å². The number of hydrogen-bond acceptors (Lipinski definition) is 5. The van der Waals surface area contributed by atoms with Crippen LogP contribution in [0.4, 0.5) is 4.79 Å². The zero-order valence-corrected chi connectivity index (χ0v) is 18.2.